The molecule has 1 aromatic heterocycles. The molecule has 0 saturated carbocycles. The monoisotopic (exact) mass is 294 g/mol. The molecule has 0 spiro atoms. The first-order valence-corrected chi connectivity index (χ1v) is 7.89. The van der Waals surface area contributed by atoms with Gasteiger partial charge in [-0.1, -0.05) is 11.6 Å². The Hall–Kier alpha value is -0.840. The summed E-state index contributed by atoms with van der Waals surface area (Å²) in [4.78, 5) is 11.9. The Morgan fingerprint density at radius 1 is 1.15 bits per heavy atom. The second-order valence-corrected chi connectivity index (χ2v) is 6.35. The average Bonchev–Trinajstić information content (AvgIpc) is 2.48. The van der Waals surface area contributed by atoms with Crippen LogP contribution in [-0.4, -0.2) is 67.1 Å². The summed E-state index contributed by atoms with van der Waals surface area (Å²) in [7, 11) is 2.24. The van der Waals surface area contributed by atoms with Crippen molar-refractivity contribution in [3.63, 3.8) is 0 Å². The van der Waals surface area contributed by atoms with Crippen LogP contribution >= 0.6 is 11.6 Å². The number of piperidine rings is 1. The molecule has 0 radical (unpaired) electrons. The van der Waals surface area contributed by atoms with Gasteiger partial charge in [-0.15, -0.1) is 0 Å². The Kier molecular flexibility index (Phi) is 4.44. The van der Waals surface area contributed by atoms with Gasteiger partial charge in [0.05, 0.1) is 5.02 Å². The number of nitrogens with zero attached hydrogens (tertiary/aromatic N) is 4. The predicted octanol–water partition coefficient (Wildman–Crippen LogP) is 1.95. The van der Waals surface area contributed by atoms with Crippen molar-refractivity contribution in [3.05, 3.63) is 23.4 Å². The van der Waals surface area contributed by atoms with Crippen LogP contribution in [0, 0.1) is 0 Å². The average molecular weight is 295 g/mol. The fraction of sp³-hybridized carbons (Fsp3) is 0.667. The normalized spacial score (nSPS) is 25.9. The summed E-state index contributed by atoms with van der Waals surface area (Å²) in [6.07, 6.45) is 4.42. The number of likely N-dealkylation sites (tertiary alicyclic amines) is 1. The molecule has 5 heteroatoms. The van der Waals surface area contributed by atoms with Gasteiger partial charge in [-0.2, -0.15) is 0 Å². The fourth-order valence-electron chi connectivity index (χ4n) is 3.31. The molecule has 3 rings (SSSR count). The lowest BCUT2D eigenvalue weighted by atomic mass is 10.0. The maximum absolute atomic E-state index is 5.90. The molecule has 2 aliphatic heterocycles. The van der Waals surface area contributed by atoms with Gasteiger partial charge >= 0.3 is 0 Å². The van der Waals surface area contributed by atoms with E-state index in [1.165, 1.54) is 25.9 Å². The number of rotatable bonds is 2. The van der Waals surface area contributed by atoms with Crippen molar-refractivity contribution in [3.8, 4) is 0 Å². The summed E-state index contributed by atoms with van der Waals surface area (Å²) in [5, 5.41) is 0.706. The van der Waals surface area contributed by atoms with E-state index in [-0.39, 0.29) is 0 Å². The number of hydrogen-bond donors (Lipinski definition) is 0. The number of anilines is 1. The van der Waals surface area contributed by atoms with Crippen LogP contribution in [-0.2, 0) is 0 Å². The molecule has 0 N–H and O–H groups in total. The molecule has 2 fully saturated rings. The summed E-state index contributed by atoms with van der Waals surface area (Å²) < 4.78 is 0. The number of aromatic nitrogens is 1. The van der Waals surface area contributed by atoms with E-state index in [9.17, 15) is 0 Å². The quantitative estimate of drug-likeness (QED) is 0.831. The Balaban J connectivity index is 1.55. The lowest BCUT2D eigenvalue weighted by molar-refractivity contribution is 0.106. The molecule has 2 saturated heterocycles. The number of halogens is 1. The number of likely N-dealkylation sites (N-methyl/N-ethyl adjacent to an activating group) is 1. The van der Waals surface area contributed by atoms with E-state index in [1.807, 2.05) is 12.1 Å². The number of hydrogen-bond acceptors (Lipinski definition) is 4. The predicted molar refractivity (Wildman–Crippen MR) is 83.6 cm³/mol. The van der Waals surface area contributed by atoms with Crippen LogP contribution in [0.5, 0.6) is 0 Å². The van der Waals surface area contributed by atoms with Crippen LogP contribution in [0.4, 0.5) is 5.82 Å². The third kappa shape index (κ3) is 3.25. The number of pyridine rings is 1. The molecule has 20 heavy (non-hydrogen) atoms. The highest BCUT2D eigenvalue weighted by Crippen LogP contribution is 2.20. The second kappa shape index (κ2) is 6.29. The van der Waals surface area contributed by atoms with Gasteiger partial charge in [-0.25, -0.2) is 4.98 Å². The minimum atomic E-state index is 0.706. The van der Waals surface area contributed by atoms with Crippen molar-refractivity contribution < 1.29 is 0 Å². The fourth-order valence-corrected chi connectivity index (χ4v) is 3.42. The van der Waals surface area contributed by atoms with Gasteiger partial charge < -0.3 is 9.80 Å². The van der Waals surface area contributed by atoms with Gasteiger partial charge in [0.25, 0.3) is 0 Å². The first-order valence-electron chi connectivity index (χ1n) is 7.51. The van der Waals surface area contributed by atoms with E-state index < -0.39 is 0 Å². The van der Waals surface area contributed by atoms with E-state index in [0.717, 1.165) is 38.0 Å². The minimum absolute atomic E-state index is 0.706. The van der Waals surface area contributed by atoms with Gasteiger partial charge in [0.15, 0.2) is 0 Å². The molecule has 0 aromatic carbocycles. The lowest BCUT2D eigenvalue weighted by Gasteiger charge is -2.43. The van der Waals surface area contributed by atoms with E-state index in [0.29, 0.717) is 5.02 Å². The Labute approximate surface area is 126 Å². The van der Waals surface area contributed by atoms with Gasteiger partial charge in [-0.3, -0.25) is 4.90 Å². The summed E-state index contributed by atoms with van der Waals surface area (Å²) >= 11 is 5.90. The largest absolute Gasteiger partial charge is 0.354 e. The molecule has 4 nitrogen and oxygen atoms in total. The van der Waals surface area contributed by atoms with Gasteiger partial charge in [0.2, 0.25) is 0 Å². The summed E-state index contributed by atoms with van der Waals surface area (Å²) in [6.45, 7) is 6.89. The molecule has 1 aromatic rings. The van der Waals surface area contributed by atoms with Gasteiger partial charge in [0, 0.05) is 45.0 Å². The van der Waals surface area contributed by atoms with Crippen molar-refractivity contribution in [1.82, 2.24) is 14.8 Å². The van der Waals surface area contributed by atoms with Crippen molar-refractivity contribution >= 4 is 17.4 Å². The van der Waals surface area contributed by atoms with Crippen molar-refractivity contribution in [2.45, 2.75) is 18.9 Å². The van der Waals surface area contributed by atoms with E-state index in [4.69, 9.17) is 11.6 Å². The van der Waals surface area contributed by atoms with Crippen LogP contribution < -0.4 is 4.90 Å². The van der Waals surface area contributed by atoms with Crippen molar-refractivity contribution in [1.29, 1.82) is 0 Å². The van der Waals surface area contributed by atoms with E-state index in [1.54, 1.807) is 6.20 Å². The molecule has 0 amide bonds. The zero-order chi connectivity index (χ0) is 13.9. The molecule has 0 bridgehead atoms. The SMILES string of the molecule is CN1CCC[C@H](N2CCN(c3ccc(Cl)cn3)CC2)C1. The van der Waals surface area contributed by atoms with Crippen LogP contribution in [0.3, 0.4) is 0 Å². The molecule has 1 atom stereocenters. The maximum atomic E-state index is 5.90. The second-order valence-electron chi connectivity index (χ2n) is 5.92. The smallest absolute Gasteiger partial charge is 0.128 e. The van der Waals surface area contributed by atoms with Crippen LogP contribution in [0.15, 0.2) is 18.3 Å². The molecule has 0 unspecified atom stereocenters. The third-order valence-corrected chi connectivity index (χ3v) is 4.69. The zero-order valence-corrected chi connectivity index (χ0v) is 12.9. The molecule has 110 valence electrons. The Morgan fingerprint density at radius 2 is 1.95 bits per heavy atom. The molecule has 2 aliphatic rings. The van der Waals surface area contributed by atoms with Gasteiger partial charge in [0.1, 0.15) is 5.82 Å². The van der Waals surface area contributed by atoms with Crippen LogP contribution in [0.2, 0.25) is 5.02 Å². The minimum Gasteiger partial charge on any atom is -0.354 e. The highest BCUT2D eigenvalue weighted by Gasteiger charge is 2.27. The summed E-state index contributed by atoms with van der Waals surface area (Å²) in [5.41, 5.74) is 0. The molecular weight excluding hydrogens is 272 g/mol. The Morgan fingerprint density at radius 3 is 2.60 bits per heavy atom. The van der Waals surface area contributed by atoms with Crippen molar-refractivity contribution in [2.75, 3.05) is 51.2 Å². The lowest BCUT2D eigenvalue weighted by Crippen LogP contribution is -2.54. The highest BCUT2D eigenvalue weighted by molar-refractivity contribution is 6.30. The number of piperazine rings is 1. The highest BCUT2D eigenvalue weighted by atomic mass is 35.5. The first-order chi connectivity index (χ1) is 9.72. The maximum Gasteiger partial charge on any atom is 0.128 e. The summed E-state index contributed by atoms with van der Waals surface area (Å²) in [5.74, 6) is 1.05. The first kappa shape index (κ1) is 14.1. The summed E-state index contributed by atoms with van der Waals surface area (Å²) in [6, 6.07) is 4.69. The Bertz CT molecular complexity index is 428. The topological polar surface area (TPSA) is 22.6 Å². The molecular formula is C15H23ClN4. The van der Waals surface area contributed by atoms with Crippen molar-refractivity contribution in [2.24, 2.45) is 0 Å². The molecule has 0 aliphatic carbocycles. The van der Waals surface area contributed by atoms with Crippen LogP contribution in [0.1, 0.15) is 12.8 Å². The third-order valence-electron chi connectivity index (χ3n) is 4.47. The standard InChI is InChI=1S/C15H23ClN4/c1-18-6-2-3-14(12-18)19-7-9-20(10-8-19)15-5-4-13(16)11-17-15/h4-5,11,14H,2-3,6-10,12H2,1H3/t14-/m0/s1. The van der Waals surface area contributed by atoms with E-state index in [2.05, 4.69) is 26.7 Å². The molecule has 3 heterocycles. The zero-order valence-electron chi connectivity index (χ0n) is 12.1. The van der Waals surface area contributed by atoms with Gasteiger partial charge in [-0.05, 0) is 38.6 Å². The van der Waals surface area contributed by atoms with E-state index >= 15 is 0 Å². The van der Waals surface area contributed by atoms with Crippen LogP contribution in [0.25, 0.3) is 0 Å².